The SMILES string of the molecule is CCC(C)(CC)c1ccc(O)c(O)c1. The number of hydrogen-bond donors (Lipinski definition) is 2. The Morgan fingerprint density at radius 2 is 1.64 bits per heavy atom. The molecular formula is C12H18O2. The zero-order valence-electron chi connectivity index (χ0n) is 9.04. The summed E-state index contributed by atoms with van der Waals surface area (Å²) in [5.74, 6) is -0.0843. The van der Waals surface area contributed by atoms with Crippen LogP contribution in [0.25, 0.3) is 0 Å². The fourth-order valence-electron chi connectivity index (χ4n) is 1.56. The fraction of sp³-hybridized carbons (Fsp3) is 0.500. The number of phenols is 2. The highest BCUT2D eigenvalue weighted by Gasteiger charge is 2.22. The summed E-state index contributed by atoms with van der Waals surface area (Å²) in [5.41, 5.74) is 1.17. The second-order valence-electron chi connectivity index (χ2n) is 3.97. The van der Waals surface area contributed by atoms with Gasteiger partial charge >= 0.3 is 0 Å². The molecule has 1 rings (SSSR count). The quantitative estimate of drug-likeness (QED) is 0.725. The topological polar surface area (TPSA) is 40.5 Å². The molecule has 0 spiro atoms. The van der Waals surface area contributed by atoms with Gasteiger partial charge in [0.25, 0.3) is 0 Å². The summed E-state index contributed by atoms with van der Waals surface area (Å²) in [7, 11) is 0. The van der Waals surface area contributed by atoms with Crippen molar-refractivity contribution in [1.82, 2.24) is 0 Å². The predicted octanol–water partition coefficient (Wildman–Crippen LogP) is 3.18. The molecule has 2 heteroatoms. The first-order valence-corrected chi connectivity index (χ1v) is 5.06. The van der Waals surface area contributed by atoms with E-state index in [1.54, 1.807) is 12.1 Å². The molecule has 14 heavy (non-hydrogen) atoms. The van der Waals surface area contributed by atoms with Crippen LogP contribution in [-0.2, 0) is 5.41 Å². The van der Waals surface area contributed by atoms with Crippen molar-refractivity contribution >= 4 is 0 Å². The van der Waals surface area contributed by atoms with Crippen LogP contribution in [-0.4, -0.2) is 10.2 Å². The smallest absolute Gasteiger partial charge is 0.157 e. The molecule has 0 aromatic heterocycles. The lowest BCUT2D eigenvalue weighted by Crippen LogP contribution is -2.19. The van der Waals surface area contributed by atoms with Crippen LogP contribution in [0, 0.1) is 0 Å². The Morgan fingerprint density at radius 1 is 1.07 bits per heavy atom. The summed E-state index contributed by atoms with van der Waals surface area (Å²) in [6, 6.07) is 5.08. The Balaban J connectivity index is 3.12. The van der Waals surface area contributed by atoms with Crippen molar-refractivity contribution < 1.29 is 10.2 Å². The molecule has 0 saturated carbocycles. The van der Waals surface area contributed by atoms with Gasteiger partial charge in [0, 0.05) is 0 Å². The fourth-order valence-corrected chi connectivity index (χ4v) is 1.56. The summed E-state index contributed by atoms with van der Waals surface area (Å²) >= 11 is 0. The van der Waals surface area contributed by atoms with E-state index in [9.17, 15) is 10.2 Å². The van der Waals surface area contributed by atoms with Crippen molar-refractivity contribution in [3.05, 3.63) is 23.8 Å². The zero-order chi connectivity index (χ0) is 10.8. The molecule has 0 saturated heterocycles. The number of phenolic OH excluding ortho intramolecular Hbond substituents is 2. The molecule has 0 unspecified atom stereocenters. The second kappa shape index (κ2) is 3.91. The van der Waals surface area contributed by atoms with Gasteiger partial charge in [-0.05, 0) is 36.0 Å². The van der Waals surface area contributed by atoms with Gasteiger partial charge in [-0.2, -0.15) is 0 Å². The Kier molecular flexibility index (Phi) is 3.04. The number of rotatable bonds is 3. The molecule has 0 atom stereocenters. The van der Waals surface area contributed by atoms with E-state index in [1.165, 1.54) is 0 Å². The number of aromatic hydroxyl groups is 2. The molecule has 1 aromatic rings. The first kappa shape index (κ1) is 10.9. The molecule has 2 N–H and O–H groups in total. The maximum absolute atomic E-state index is 9.40. The molecule has 0 fully saturated rings. The summed E-state index contributed by atoms with van der Waals surface area (Å²) in [6.45, 7) is 6.43. The van der Waals surface area contributed by atoms with Crippen LogP contribution in [0.3, 0.4) is 0 Å². The monoisotopic (exact) mass is 194 g/mol. The van der Waals surface area contributed by atoms with Gasteiger partial charge < -0.3 is 10.2 Å². The van der Waals surface area contributed by atoms with Crippen LogP contribution in [0.5, 0.6) is 11.5 Å². The van der Waals surface area contributed by atoms with Gasteiger partial charge in [-0.25, -0.2) is 0 Å². The number of benzene rings is 1. The molecular weight excluding hydrogens is 176 g/mol. The lowest BCUT2D eigenvalue weighted by Gasteiger charge is -2.27. The molecule has 0 heterocycles. The average molecular weight is 194 g/mol. The van der Waals surface area contributed by atoms with E-state index >= 15 is 0 Å². The normalized spacial score (nSPS) is 11.6. The predicted molar refractivity (Wildman–Crippen MR) is 57.7 cm³/mol. The third-order valence-electron chi connectivity index (χ3n) is 3.23. The van der Waals surface area contributed by atoms with Crippen LogP contribution in [0.2, 0.25) is 0 Å². The lowest BCUT2D eigenvalue weighted by atomic mass is 9.78. The minimum Gasteiger partial charge on any atom is -0.504 e. The van der Waals surface area contributed by atoms with E-state index in [-0.39, 0.29) is 16.9 Å². The second-order valence-corrected chi connectivity index (χ2v) is 3.97. The number of hydrogen-bond acceptors (Lipinski definition) is 2. The van der Waals surface area contributed by atoms with Crippen LogP contribution in [0.15, 0.2) is 18.2 Å². The van der Waals surface area contributed by atoms with Crippen molar-refractivity contribution in [3.63, 3.8) is 0 Å². The average Bonchev–Trinajstić information content (AvgIpc) is 2.21. The van der Waals surface area contributed by atoms with Gasteiger partial charge in [-0.15, -0.1) is 0 Å². The van der Waals surface area contributed by atoms with E-state index < -0.39 is 0 Å². The van der Waals surface area contributed by atoms with Crippen LogP contribution in [0.4, 0.5) is 0 Å². The molecule has 0 bridgehead atoms. The standard InChI is InChI=1S/C12H18O2/c1-4-12(3,5-2)9-6-7-10(13)11(14)8-9/h6-8,13-14H,4-5H2,1-3H3. The molecule has 0 amide bonds. The largest absolute Gasteiger partial charge is 0.504 e. The zero-order valence-corrected chi connectivity index (χ0v) is 9.04. The maximum Gasteiger partial charge on any atom is 0.157 e. The molecule has 78 valence electrons. The van der Waals surface area contributed by atoms with Gasteiger partial charge in [-0.3, -0.25) is 0 Å². The van der Waals surface area contributed by atoms with E-state index in [4.69, 9.17) is 0 Å². The molecule has 0 aliphatic heterocycles. The molecule has 0 aliphatic rings. The minimum absolute atomic E-state index is 0.0318. The van der Waals surface area contributed by atoms with E-state index in [0.29, 0.717) is 0 Å². The first-order chi connectivity index (χ1) is 6.53. The summed E-state index contributed by atoms with van der Waals surface area (Å²) < 4.78 is 0. The molecule has 0 radical (unpaired) electrons. The lowest BCUT2D eigenvalue weighted by molar-refractivity contribution is 0.395. The van der Waals surface area contributed by atoms with Crippen LogP contribution < -0.4 is 0 Å². The van der Waals surface area contributed by atoms with Gasteiger partial charge in [0.15, 0.2) is 11.5 Å². The Morgan fingerprint density at radius 3 is 2.07 bits per heavy atom. The van der Waals surface area contributed by atoms with Crippen molar-refractivity contribution in [2.45, 2.75) is 39.0 Å². The highest BCUT2D eigenvalue weighted by atomic mass is 16.3. The summed E-state index contributed by atoms with van der Waals surface area (Å²) in [4.78, 5) is 0. The third-order valence-corrected chi connectivity index (χ3v) is 3.23. The summed E-state index contributed by atoms with van der Waals surface area (Å²) in [6.07, 6.45) is 2.04. The summed E-state index contributed by atoms with van der Waals surface area (Å²) in [5, 5.41) is 18.6. The van der Waals surface area contributed by atoms with Crippen molar-refractivity contribution in [1.29, 1.82) is 0 Å². The van der Waals surface area contributed by atoms with Crippen molar-refractivity contribution in [3.8, 4) is 11.5 Å². The van der Waals surface area contributed by atoms with E-state index in [2.05, 4.69) is 20.8 Å². The molecule has 1 aromatic carbocycles. The minimum atomic E-state index is -0.0525. The Hall–Kier alpha value is -1.18. The maximum atomic E-state index is 9.40. The van der Waals surface area contributed by atoms with Gasteiger partial charge in [-0.1, -0.05) is 26.8 Å². The van der Waals surface area contributed by atoms with Gasteiger partial charge in [0.2, 0.25) is 0 Å². The molecule has 2 nitrogen and oxygen atoms in total. The van der Waals surface area contributed by atoms with Crippen molar-refractivity contribution in [2.24, 2.45) is 0 Å². The first-order valence-electron chi connectivity index (χ1n) is 5.06. The van der Waals surface area contributed by atoms with Gasteiger partial charge in [0.1, 0.15) is 0 Å². The van der Waals surface area contributed by atoms with Crippen LogP contribution in [0.1, 0.15) is 39.2 Å². The highest BCUT2D eigenvalue weighted by Crippen LogP contribution is 2.35. The third kappa shape index (κ3) is 1.84. The van der Waals surface area contributed by atoms with E-state index in [0.717, 1.165) is 18.4 Å². The van der Waals surface area contributed by atoms with Gasteiger partial charge in [0.05, 0.1) is 0 Å². The van der Waals surface area contributed by atoms with Crippen molar-refractivity contribution in [2.75, 3.05) is 0 Å². The van der Waals surface area contributed by atoms with Crippen LogP contribution >= 0.6 is 0 Å². The van der Waals surface area contributed by atoms with E-state index in [1.807, 2.05) is 6.07 Å². The highest BCUT2D eigenvalue weighted by molar-refractivity contribution is 5.42. The Labute approximate surface area is 85.2 Å². The molecule has 0 aliphatic carbocycles. The Bertz CT molecular complexity index is 314.